The van der Waals surface area contributed by atoms with Gasteiger partial charge >= 0.3 is 0 Å². The Kier molecular flexibility index (Phi) is 15.0. The summed E-state index contributed by atoms with van der Waals surface area (Å²) in [6, 6.07) is 128. The zero-order valence-electron chi connectivity index (χ0n) is 57.1. The molecule has 0 saturated heterocycles. The largest absolute Gasteiger partial charge is 0.311 e. The number of aromatic nitrogens is 9. The number of hydrogen-bond acceptors (Lipinski definition) is 10. The number of fused-ring (bicyclic) bond motifs is 7. The second-order valence-corrected chi connectivity index (χ2v) is 26.6. The van der Waals surface area contributed by atoms with E-state index in [1.165, 1.54) is 16.4 Å². The molecule has 12 heteroatoms. The zero-order chi connectivity index (χ0) is 70.0. The summed E-state index contributed by atoms with van der Waals surface area (Å²) in [6.45, 7) is -0.0251. The van der Waals surface area contributed by atoms with Crippen molar-refractivity contribution in [2.75, 3.05) is 9.80 Å². The van der Waals surface area contributed by atoms with Crippen molar-refractivity contribution < 1.29 is 0 Å². The molecule has 4 aromatic heterocycles. The standard InChI is InChI=1S/C94H60BN11/c1-8-29-61(30-9-1)78-60-79(67-40-28-39-66(55-67)70-58-85-87-86(59-70)105(72-43-20-7-21-44-72)84-50-27-24-47-77(84)95(87)76-46-23-26-49-83(76)104(85)71-41-18-6-19-42-71)97-94(96-78)75-57-69(93-102-90(64-35-14-4-15-36-64)99-91(103-93)65-37-16-5-17-38-65)52-54-82(75)106-80-48-25-22-45-73(80)74-56-68(51-53-81(74)106)92-100-88(62-31-10-2-11-32-62)98-89(101-92)63-33-12-3-13-34-63/h1-60H. The summed E-state index contributed by atoms with van der Waals surface area (Å²) >= 11 is 0. The summed E-state index contributed by atoms with van der Waals surface area (Å²) in [5.74, 6) is 3.87. The van der Waals surface area contributed by atoms with Crippen molar-refractivity contribution in [2.24, 2.45) is 0 Å². The zero-order valence-corrected chi connectivity index (χ0v) is 57.1. The first-order valence-corrected chi connectivity index (χ1v) is 35.6. The van der Waals surface area contributed by atoms with Crippen molar-refractivity contribution in [1.29, 1.82) is 0 Å². The second kappa shape index (κ2) is 25.9. The molecule has 0 N–H and O–H groups in total. The summed E-state index contributed by atoms with van der Waals surface area (Å²) in [5.41, 5.74) is 24.7. The molecule has 0 fully saturated rings. The Morgan fingerprint density at radius 2 is 0.594 bits per heavy atom. The summed E-state index contributed by atoms with van der Waals surface area (Å²) in [5, 5.41) is 2.06. The van der Waals surface area contributed by atoms with Crippen molar-refractivity contribution in [2.45, 2.75) is 0 Å². The van der Waals surface area contributed by atoms with E-state index in [2.05, 4.69) is 251 Å². The van der Waals surface area contributed by atoms with Crippen molar-refractivity contribution in [3.05, 3.63) is 364 Å². The van der Waals surface area contributed by atoms with Crippen LogP contribution in [0, 0.1) is 0 Å². The molecule has 0 bridgehead atoms. The van der Waals surface area contributed by atoms with Gasteiger partial charge in [-0.2, -0.15) is 0 Å². The van der Waals surface area contributed by atoms with E-state index in [0.717, 1.165) is 134 Å². The topological polar surface area (TPSA) is 115 Å². The van der Waals surface area contributed by atoms with Gasteiger partial charge in [0.25, 0.3) is 6.71 Å². The fraction of sp³-hybridized carbons (Fsp3) is 0. The maximum absolute atomic E-state index is 5.81. The molecule has 0 spiro atoms. The average molecular weight is 1350 g/mol. The molecule has 18 aromatic rings. The Hall–Kier alpha value is -14.4. The molecule has 494 valence electrons. The van der Waals surface area contributed by atoms with Crippen LogP contribution in [0.25, 0.3) is 141 Å². The molecule has 0 radical (unpaired) electrons. The smallest absolute Gasteiger partial charge is 0.252 e. The highest BCUT2D eigenvalue weighted by molar-refractivity contribution is 7.00. The van der Waals surface area contributed by atoms with E-state index in [1.807, 2.05) is 127 Å². The van der Waals surface area contributed by atoms with Gasteiger partial charge in [-0.1, -0.05) is 261 Å². The first-order chi connectivity index (χ1) is 52.5. The van der Waals surface area contributed by atoms with Crippen LogP contribution in [0.1, 0.15) is 0 Å². The lowest BCUT2D eigenvalue weighted by atomic mass is 9.33. The molecule has 0 atom stereocenters. The van der Waals surface area contributed by atoms with Gasteiger partial charge in [-0.25, -0.2) is 39.9 Å². The van der Waals surface area contributed by atoms with Crippen LogP contribution in [0.2, 0.25) is 0 Å². The third kappa shape index (κ3) is 10.9. The number of rotatable bonds is 13. The van der Waals surface area contributed by atoms with E-state index in [1.54, 1.807) is 0 Å². The highest BCUT2D eigenvalue weighted by atomic mass is 15.2. The summed E-state index contributed by atoms with van der Waals surface area (Å²) in [6.07, 6.45) is 0. The number of benzene rings is 14. The van der Waals surface area contributed by atoms with Gasteiger partial charge in [0, 0.05) is 95.0 Å². The Morgan fingerprint density at radius 1 is 0.208 bits per heavy atom. The van der Waals surface area contributed by atoms with Gasteiger partial charge < -0.3 is 14.4 Å². The van der Waals surface area contributed by atoms with E-state index in [9.17, 15) is 0 Å². The summed E-state index contributed by atoms with van der Waals surface area (Å²) in [4.78, 5) is 47.6. The first kappa shape index (κ1) is 61.5. The SMILES string of the molecule is c1ccc(-c2cc(-c3cccc(-c4cc5c6c(c4)N(c4ccccc4)c4ccccc4B6c4ccccc4N5c4ccccc4)c3)nc(-c3cc(-c4nc(-c5ccccc5)nc(-c5ccccc5)n4)ccc3-n3c4ccccc4c4cc(-c5nc(-c6ccccc6)nc(-c6ccccc6)n5)ccc43)n2)cc1. The van der Waals surface area contributed by atoms with Crippen LogP contribution in [0.4, 0.5) is 34.1 Å². The molecule has 11 nitrogen and oxygen atoms in total. The minimum atomic E-state index is -0.0251. The minimum Gasteiger partial charge on any atom is -0.311 e. The van der Waals surface area contributed by atoms with Gasteiger partial charge in [-0.3, -0.25) is 0 Å². The molecular formula is C94H60BN11. The maximum Gasteiger partial charge on any atom is 0.252 e. The van der Waals surface area contributed by atoms with Gasteiger partial charge in [-0.05, 0) is 131 Å². The fourth-order valence-electron chi connectivity index (χ4n) is 15.4. The Bertz CT molecular complexity index is 6180. The van der Waals surface area contributed by atoms with E-state index in [-0.39, 0.29) is 6.71 Å². The first-order valence-electron chi connectivity index (χ1n) is 35.6. The van der Waals surface area contributed by atoms with Gasteiger partial charge in [0.05, 0.1) is 28.1 Å². The van der Waals surface area contributed by atoms with Gasteiger partial charge in [0.2, 0.25) is 0 Å². The van der Waals surface area contributed by atoms with Gasteiger partial charge in [0.15, 0.2) is 40.8 Å². The lowest BCUT2D eigenvalue weighted by Crippen LogP contribution is -2.61. The van der Waals surface area contributed by atoms with E-state index < -0.39 is 0 Å². The van der Waals surface area contributed by atoms with Crippen molar-refractivity contribution in [3.8, 4) is 119 Å². The third-order valence-corrected chi connectivity index (χ3v) is 20.3. The van der Waals surface area contributed by atoms with E-state index in [0.29, 0.717) is 40.8 Å². The van der Waals surface area contributed by atoms with Crippen LogP contribution < -0.4 is 26.2 Å². The third-order valence-electron chi connectivity index (χ3n) is 20.3. The van der Waals surface area contributed by atoms with Gasteiger partial charge in [0.1, 0.15) is 0 Å². The Morgan fingerprint density at radius 3 is 1.10 bits per heavy atom. The Labute approximate surface area is 612 Å². The highest BCUT2D eigenvalue weighted by Crippen LogP contribution is 2.47. The molecule has 2 aliphatic heterocycles. The monoisotopic (exact) mass is 1350 g/mol. The minimum absolute atomic E-state index is 0.0251. The Balaban J connectivity index is 0.802. The molecular weight excluding hydrogens is 1290 g/mol. The number of nitrogens with zero attached hydrogens (tertiary/aromatic N) is 11. The van der Waals surface area contributed by atoms with Crippen LogP contribution in [0.3, 0.4) is 0 Å². The molecule has 20 rings (SSSR count). The number of para-hydroxylation sites is 5. The molecule has 14 aromatic carbocycles. The molecule has 2 aliphatic rings. The molecule has 0 unspecified atom stereocenters. The highest BCUT2D eigenvalue weighted by Gasteiger charge is 2.43. The van der Waals surface area contributed by atoms with E-state index >= 15 is 0 Å². The molecule has 0 aliphatic carbocycles. The lowest BCUT2D eigenvalue weighted by molar-refractivity contribution is 1.07. The summed E-state index contributed by atoms with van der Waals surface area (Å²) < 4.78 is 2.34. The average Bonchev–Trinajstić information content (AvgIpc) is 0.855. The normalized spacial score (nSPS) is 12.1. The number of anilines is 6. The lowest BCUT2D eigenvalue weighted by Gasteiger charge is -2.44. The summed E-state index contributed by atoms with van der Waals surface area (Å²) in [7, 11) is 0. The quantitative estimate of drug-likeness (QED) is 0.103. The molecule has 0 saturated carbocycles. The molecule has 6 heterocycles. The van der Waals surface area contributed by atoms with Gasteiger partial charge in [-0.15, -0.1) is 0 Å². The predicted octanol–water partition coefficient (Wildman–Crippen LogP) is 20.7. The molecule has 106 heavy (non-hydrogen) atoms. The van der Waals surface area contributed by atoms with Crippen molar-refractivity contribution in [1.82, 2.24) is 44.4 Å². The van der Waals surface area contributed by atoms with Crippen LogP contribution in [0.5, 0.6) is 0 Å². The van der Waals surface area contributed by atoms with E-state index in [4.69, 9.17) is 39.9 Å². The van der Waals surface area contributed by atoms with Crippen LogP contribution in [-0.2, 0) is 0 Å². The predicted molar refractivity (Wildman–Crippen MR) is 432 cm³/mol. The fourth-order valence-corrected chi connectivity index (χ4v) is 15.4. The van der Waals surface area contributed by atoms with Crippen molar-refractivity contribution in [3.63, 3.8) is 0 Å². The van der Waals surface area contributed by atoms with Crippen LogP contribution in [-0.4, -0.2) is 51.2 Å². The van der Waals surface area contributed by atoms with Crippen molar-refractivity contribution >= 4 is 79.0 Å². The molecule has 0 amide bonds. The van der Waals surface area contributed by atoms with Crippen LogP contribution in [0.15, 0.2) is 364 Å². The maximum atomic E-state index is 5.81. The van der Waals surface area contributed by atoms with Crippen LogP contribution >= 0.6 is 0 Å². The second-order valence-electron chi connectivity index (χ2n) is 26.6. The number of hydrogen-bond donors (Lipinski definition) is 0.